The van der Waals surface area contributed by atoms with Gasteiger partial charge in [0.1, 0.15) is 0 Å². The van der Waals surface area contributed by atoms with Crippen molar-refractivity contribution < 1.29 is 18.1 Å². The molecule has 0 spiro atoms. The second-order valence-corrected chi connectivity index (χ2v) is 9.13. The van der Waals surface area contributed by atoms with Gasteiger partial charge in [-0.1, -0.05) is 35.9 Å². The zero-order valence-electron chi connectivity index (χ0n) is 17.8. The Morgan fingerprint density at radius 2 is 1.64 bits per heavy atom. The van der Waals surface area contributed by atoms with Gasteiger partial charge < -0.3 is 4.90 Å². The van der Waals surface area contributed by atoms with Crippen molar-refractivity contribution in [3.05, 3.63) is 99.6 Å². The van der Waals surface area contributed by atoms with Crippen molar-refractivity contribution >= 4 is 44.7 Å². The van der Waals surface area contributed by atoms with E-state index in [1.807, 2.05) is 6.92 Å². The summed E-state index contributed by atoms with van der Waals surface area (Å²) >= 11 is 0. The number of carbonyl (C=O) groups excluding carboxylic acids is 1. The lowest BCUT2D eigenvalue weighted by atomic mass is 9.96. The van der Waals surface area contributed by atoms with Gasteiger partial charge in [0.05, 0.1) is 21.1 Å². The van der Waals surface area contributed by atoms with E-state index in [0.717, 1.165) is 11.8 Å². The molecule has 4 rings (SSSR count). The van der Waals surface area contributed by atoms with Gasteiger partial charge in [0, 0.05) is 36.5 Å². The Balaban J connectivity index is 1.90. The summed E-state index contributed by atoms with van der Waals surface area (Å²) in [6, 6.07) is 18.9. The van der Waals surface area contributed by atoms with Crippen molar-refractivity contribution in [1.29, 1.82) is 0 Å². The number of nitrogens with zero attached hydrogens (tertiary/aromatic N) is 3. The molecule has 0 fully saturated rings. The third kappa shape index (κ3) is 4.18. The molecule has 0 saturated heterocycles. The molecule has 0 aromatic heterocycles. The second-order valence-electron chi connectivity index (χ2n) is 7.50. The van der Waals surface area contributed by atoms with Gasteiger partial charge in [0.2, 0.25) is 0 Å². The zero-order valence-corrected chi connectivity index (χ0v) is 18.6. The van der Waals surface area contributed by atoms with E-state index in [2.05, 4.69) is 4.40 Å². The fraction of sp³-hybridized carbons (Fsp3) is 0.0833. The van der Waals surface area contributed by atoms with Gasteiger partial charge in [0.15, 0.2) is 0 Å². The van der Waals surface area contributed by atoms with Crippen LogP contribution in [0.5, 0.6) is 0 Å². The molecule has 1 aliphatic heterocycles. The molecule has 3 aromatic carbocycles. The van der Waals surface area contributed by atoms with Crippen LogP contribution in [0.3, 0.4) is 0 Å². The summed E-state index contributed by atoms with van der Waals surface area (Å²) < 4.78 is 29.5. The van der Waals surface area contributed by atoms with Crippen molar-refractivity contribution in [1.82, 2.24) is 0 Å². The van der Waals surface area contributed by atoms with Crippen LogP contribution in [-0.2, 0) is 14.8 Å². The van der Waals surface area contributed by atoms with Gasteiger partial charge in [-0.3, -0.25) is 14.9 Å². The van der Waals surface area contributed by atoms with Crippen LogP contribution in [0.1, 0.15) is 16.7 Å². The minimum Gasteiger partial charge on any atom is -0.311 e. The maximum atomic E-state index is 13.1. The largest absolute Gasteiger partial charge is 0.311 e. The molecule has 0 N–H and O–H groups in total. The SMILES string of the molecule is Cc1ccc(S(=O)(=O)/N=C\C(=C2/C(=O)N(C)c3ccccc32)c2ccc([N+](=O)[O-])cc2)cc1. The van der Waals surface area contributed by atoms with E-state index in [1.54, 1.807) is 43.4 Å². The summed E-state index contributed by atoms with van der Waals surface area (Å²) in [5, 5.41) is 11.1. The number of likely N-dealkylation sites (N-methyl/N-ethyl adjacent to an activating group) is 1. The van der Waals surface area contributed by atoms with Gasteiger partial charge in [-0.25, -0.2) is 0 Å². The van der Waals surface area contributed by atoms with E-state index >= 15 is 0 Å². The lowest BCUT2D eigenvalue weighted by Crippen LogP contribution is -2.21. The Hall–Kier alpha value is -4.11. The molecule has 166 valence electrons. The highest BCUT2D eigenvalue weighted by Gasteiger charge is 2.32. The number of carbonyl (C=O) groups is 1. The normalized spacial score (nSPS) is 15.1. The summed E-state index contributed by atoms with van der Waals surface area (Å²) in [5.41, 5.74) is 3.03. The Morgan fingerprint density at radius 1 is 1.00 bits per heavy atom. The average Bonchev–Trinajstić information content (AvgIpc) is 3.05. The maximum Gasteiger partial charge on any atom is 0.282 e. The van der Waals surface area contributed by atoms with Crippen molar-refractivity contribution in [3.63, 3.8) is 0 Å². The van der Waals surface area contributed by atoms with Gasteiger partial charge in [0.25, 0.3) is 21.6 Å². The molecule has 0 radical (unpaired) electrons. The molecule has 8 nitrogen and oxygen atoms in total. The highest BCUT2D eigenvalue weighted by molar-refractivity contribution is 7.90. The number of nitro benzene ring substituents is 1. The molecular weight excluding hydrogens is 442 g/mol. The summed E-state index contributed by atoms with van der Waals surface area (Å²) in [6.07, 6.45) is 1.14. The monoisotopic (exact) mass is 461 g/mol. The van der Waals surface area contributed by atoms with Crippen molar-refractivity contribution in [3.8, 4) is 0 Å². The summed E-state index contributed by atoms with van der Waals surface area (Å²) in [4.78, 5) is 25.2. The van der Waals surface area contributed by atoms with Crippen molar-refractivity contribution in [2.24, 2.45) is 4.40 Å². The average molecular weight is 461 g/mol. The van der Waals surface area contributed by atoms with Crippen LogP contribution in [0.2, 0.25) is 0 Å². The maximum absolute atomic E-state index is 13.1. The van der Waals surface area contributed by atoms with Crippen LogP contribution in [0.15, 0.2) is 82.1 Å². The minimum absolute atomic E-state index is 0.0210. The van der Waals surface area contributed by atoms with E-state index in [1.165, 1.54) is 41.3 Å². The first kappa shape index (κ1) is 22.1. The molecule has 0 unspecified atom stereocenters. The molecular formula is C24H19N3O5S. The molecule has 0 atom stereocenters. The van der Waals surface area contributed by atoms with Crippen LogP contribution in [0, 0.1) is 17.0 Å². The smallest absolute Gasteiger partial charge is 0.282 e. The molecule has 0 saturated carbocycles. The molecule has 0 aliphatic carbocycles. The van der Waals surface area contributed by atoms with Gasteiger partial charge >= 0.3 is 0 Å². The van der Waals surface area contributed by atoms with E-state index in [-0.39, 0.29) is 27.6 Å². The first-order valence-corrected chi connectivity index (χ1v) is 11.4. The van der Waals surface area contributed by atoms with Gasteiger partial charge in [-0.05, 0) is 42.8 Å². The fourth-order valence-electron chi connectivity index (χ4n) is 3.57. The summed E-state index contributed by atoms with van der Waals surface area (Å²) in [6.45, 7) is 1.84. The third-order valence-corrected chi connectivity index (χ3v) is 6.60. The van der Waals surface area contributed by atoms with Crippen LogP contribution < -0.4 is 4.90 Å². The van der Waals surface area contributed by atoms with Gasteiger partial charge in [-0.2, -0.15) is 12.8 Å². The van der Waals surface area contributed by atoms with E-state index < -0.39 is 14.9 Å². The van der Waals surface area contributed by atoms with Crippen molar-refractivity contribution in [2.45, 2.75) is 11.8 Å². The number of amides is 1. The van der Waals surface area contributed by atoms with Crippen LogP contribution in [-0.4, -0.2) is 32.5 Å². The molecule has 0 bridgehead atoms. The first-order chi connectivity index (χ1) is 15.7. The molecule has 1 aliphatic rings. The Kier molecular flexibility index (Phi) is 5.65. The number of nitro groups is 1. The van der Waals surface area contributed by atoms with Crippen LogP contribution in [0.25, 0.3) is 11.1 Å². The molecule has 9 heteroatoms. The number of allylic oxidation sites excluding steroid dienone is 1. The van der Waals surface area contributed by atoms with E-state index in [4.69, 9.17) is 0 Å². The zero-order chi connectivity index (χ0) is 23.8. The topological polar surface area (TPSA) is 110 Å². The second kappa shape index (κ2) is 8.44. The number of hydrogen-bond donors (Lipinski definition) is 0. The molecule has 1 amide bonds. The number of non-ortho nitro benzene ring substituents is 1. The number of fused-ring (bicyclic) bond motifs is 1. The Morgan fingerprint density at radius 3 is 2.27 bits per heavy atom. The number of sulfonamides is 1. The summed E-state index contributed by atoms with van der Waals surface area (Å²) in [7, 11) is -2.41. The highest BCUT2D eigenvalue weighted by Crippen LogP contribution is 2.39. The minimum atomic E-state index is -4.04. The fourth-order valence-corrected chi connectivity index (χ4v) is 4.42. The van der Waals surface area contributed by atoms with Crippen LogP contribution >= 0.6 is 0 Å². The number of para-hydroxylation sites is 1. The number of benzene rings is 3. The number of hydrogen-bond acceptors (Lipinski definition) is 5. The van der Waals surface area contributed by atoms with Crippen LogP contribution in [0.4, 0.5) is 11.4 Å². The quantitative estimate of drug-likeness (QED) is 0.244. The van der Waals surface area contributed by atoms with Gasteiger partial charge in [-0.15, -0.1) is 0 Å². The third-order valence-electron chi connectivity index (χ3n) is 5.35. The molecule has 33 heavy (non-hydrogen) atoms. The highest BCUT2D eigenvalue weighted by atomic mass is 32.2. The Bertz CT molecular complexity index is 1420. The molecule has 1 heterocycles. The Labute approximate surface area is 190 Å². The first-order valence-electron chi connectivity index (χ1n) is 9.92. The number of rotatable bonds is 5. The summed E-state index contributed by atoms with van der Waals surface area (Å²) in [5.74, 6) is -0.330. The van der Waals surface area contributed by atoms with Crippen molar-refractivity contribution in [2.75, 3.05) is 11.9 Å². The van der Waals surface area contributed by atoms with E-state index in [9.17, 15) is 23.3 Å². The predicted molar refractivity (Wildman–Crippen MR) is 127 cm³/mol. The molecule has 3 aromatic rings. The van der Waals surface area contributed by atoms with E-state index in [0.29, 0.717) is 16.8 Å². The lowest BCUT2D eigenvalue weighted by Gasteiger charge is -2.09. The number of anilines is 1. The lowest BCUT2D eigenvalue weighted by molar-refractivity contribution is -0.384. The standard InChI is InChI=1S/C24H19N3O5S/c1-16-7-13-19(14-8-16)33(31,32)25-15-21(17-9-11-18(12-10-17)27(29)30)23-20-5-3-4-6-22(20)26(2)24(23)28/h3-15H,1-2H3/b23-21+,25-15-. The number of aryl methyl sites for hydroxylation is 1. The predicted octanol–water partition coefficient (Wildman–Crippen LogP) is 4.25.